The van der Waals surface area contributed by atoms with Gasteiger partial charge in [-0.2, -0.15) is 0 Å². The Bertz CT molecular complexity index is 1170. The van der Waals surface area contributed by atoms with E-state index in [1.54, 1.807) is 36.4 Å². The fourth-order valence-electron chi connectivity index (χ4n) is 3.98. The van der Waals surface area contributed by atoms with Crippen molar-refractivity contribution >= 4 is 34.9 Å². The summed E-state index contributed by atoms with van der Waals surface area (Å²) in [5.74, 6) is -0.514. The van der Waals surface area contributed by atoms with E-state index in [4.69, 9.17) is 16.3 Å². The maximum absolute atomic E-state index is 12.8. The summed E-state index contributed by atoms with van der Waals surface area (Å²) in [6.07, 6.45) is 0. The van der Waals surface area contributed by atoms with Crippen molar-refractivity contribution in [3.05, 3.63) is 88.4 Å². The molecule has 1 saturated heterocycles. The minimum Gasteiger partial charge on any atom is -0.492 e. The number of carbonyl (C=O) groups excluding carboxylic acids is 1. The predicted molar refractivity (Wildman–Crippen MR) is 138 cm³/mol. The first-order valence-corrected chi connectivity index (χ1v) is 11.9. The lowest BCUT2D eigenvalue weighted by Gasteiger charge is -2.37. The maximum Gasteiger partial charge on any atom is 0.335 e. The molecule has 0 aromatic heterocycles. The third-order valence-electron chi connectivity index (χ3n) is 6.01. The van der Waals surface area contributed by atoms with Gasteiger partial charge in [-0.3, -0.25) is 9.69 Å². The molecule has 0 radical (unpaired) electrons. The molecule has 4 rings (SSSR count). The average Bonchev–Trinajstić information content (AvgIpc) is 2.86. The van der Waals surface area contributed by atoms with Crippen molar-refractivity contribution in [2.75, 3.05) is 49.5 Å². The second-order valence-corrected chi connectivity index (χ2v) is 8.92. The smallest absolute Gasteiger partial charge is 0.335 e. The number of nitrogens with zero attached hydrogens (tertiary/aromatic N) is 2. The number of hydrogen-bond acceptors (Lipinski definition) is 5. The summed E-state index contributed by atoms with van der Waals surface area (Å²) in [6, 6.07) is 19.5. The molecule has 0 saturated carbocycles. The molecule has 1 aliphatic heterocycles. The maximum atomic E-state index is 12.8. The molecule has 182 valence electrons. The van der Waals surface area contributed by atoms with Crippen LogP contribution >= 0.6 is 11.6 Å². The van der Waals surface area contributed by atoms with E-state index in [0.29, 0.717) is 22.9 Å². The molecule has 35 heavy (non-hydrogen) atoms. The Morgan fingerprint density at radius 1 is 0.943 bits per heavy atom. The summed E-state index contributed by atoms with van der Waals surface area (Å²) >= 11 is 5.91. The van der Waals surface area contributed by atoms with Gasteiger partial charge in [-0.25, -0.2) is 4.79 Å². The van der Waals surface area contributed by atoms with Crippen LogP contribution in [-0.2, 0) is 0 Å². The SMILES string of the molecule is Cc1ccc(C(=O)Nc2cc(C(=O)O)ccc2N2CCN(CCOc3ccc(Cl)cc3)CC2)cc1. The van der Waals surface area contributed by atoms with Crippen LogP contribution in [0.5, 0.6) is 5.75 Å². The number of piperazine rings is 1. The van der Waals surface area contributed by atoms with E-state index in [1.165, 1.54) is 6.07 Å². The highest BCUT2D eigenvalue weighted by Crippen LogP contribution is 2.29. The van der Waals surface area contributed by atoms with Crippen LogP contribution in [0.2, 0.25) is 5.02 Å². The number of aromatic carboxylic acids is 1. The van der Waals surface area contributed by atoms with Crippen molar-refractivity contribution in [2.24, 2.45) is 0 Å². The Balaban J connectivity index is 1.39. The number of amides is 1. The van der Waals surface area contributed by atoms with E-state index in [1.807, 2.05) is 31.2 Å². The number of rotatable bonds is 8. The zero-order chi connectivity index (χ0) is 24.8. The van der Waals surface area contributed by atoms with Crippen molar-refractivity contribution in [3.63, 3.8) is 0 Å². The van der Waals surface area contributed by atoms with Crippen molar-refractivity contribution in [1.29, 1.82) is 0 Å². The summed E-state index contributed by atoms with van der Waals surface area (Å²) < 4.78 is 5.81. The first-order chi connectivity index (χ1) is 16.9. The fraction of sp³-hybridized carbons (Fsp3) is 0.259. The van der Waals surface area contributed by atoms with Crippen LogP contribution < -0.4 is 15.0 Å². The number of nitrogens with one attached hydrogen (secondary N) is 1. The molecule has 8 heteroatoms. The highest BCUT2D eigenvalue weighted by atomic mass is 35.5. The number of aryl methyl sites for hydroxylation is 1. The standard InChI is InChI=1S/C27H28ClN3O4/c1-19-2-4-20(5-3-19)26(32)29-24-18-21(27(33)34)6-11-25(24)31-14-12-30(13-15-31)16-17-35-23-9-7-22(28)8-10-23/h2-11,18H,12-17H2,1H3,(H,29,32)(H,33,34). The molecule has 0 aliphatic carbocycles. The molecule has 0 spiro atoms. The molecule has 1 fully saturated rings. The van der Waals surface area contributed by atoms with Crippen LogP contribution in [0.3, 0.4) is 0 Å². The molecule has 1 aliphatic rings. The Morgan fingerprint density at radius 3 is 2.26 bits per heavy atom. The van der Waals surface area contributed by atoms with Gasteiger partial charge < -0.3 is 20.1 Å². The number of ether oxygens (including phenoxy) is 1. The molecule has 0 unspecified atom stereocenters. The molecule has 7 nitrogen and oxygen atoms in total. The number of benzene rings is 3. The Kier molecular flexibility index (Phi) is 7.90. The molecule has 3 aromatic rings. The van der Waals surface area contributed by atoms with E-state index in [9.17, 15) is 14.7 Å². The first-order valence-electron chi connectivity index (χ1n) is 11.5. The summed E-state index contributed by atoms with van der Waals surface area (Å²) in [5, 5.41) is 13.1. The molecule has 1 amide bonds. The van der Waals surface area contributed by atoms with E-state index in [-0.39, 0.29) is 11.5 Å². The zero-order valence-electron chi connectivity index (χ0n) is 19.5. The van der Waals surface area contributed by atoms with E-state index in [2.05, 4.69) is 15.1 Å². The lowest BCUT2D eigenvalue weighted by molar-refractivity contribution is 0.0696. The van der Waals surface area contributed by atoms with Crippen LogP contribution in [0.1, 0.15) is 26.3 Å². The number of anilines is 2. The van der Waals surface area contributed by atoms with E-state index < -0.39 is 5.97 Å². The van der Waals surface area contributed by atoms with Gasteiger partial charge in [0.1, 0.15) is 12.4 Å². The number of hydrogen-bond donors (Lipinski definition) is 2. The van der Waals surface area contributed by atoms with Gasteiger partial charge in [-0.05, 0) is 61.5 Å². The zero-order valence-corrected chi connectivity index (χ0v) is 20.3. The first kappa shape index (κ1) is 24.6. The number of carboxylic acid groups (broad SMARTS) is 1. The number of carbonyl (C=O) groups is 2. The minimum atomic E-state index is -1.03. The summed E-state index contributed by atoms with van der Waals surface area (Å²) in [5.41, 5.74) is 3.02. The molecule has 2 N–H and O–H groups in total. The largest absolute Gasteiger partial charge is 0.492 e. The monoisotopic (exact) mass is 493 g/mol. The Hall–Kier alpha value is -3.55. The van der Waals surface area contributed by atoms with Crippen LogP contribution in [0.25, 0.3) is 0 Å². The van der Waals surface area contributed by atoms with Gasteiger partial charge in [0.15, 0.2) is 0 Å². The van der Waals surface area contributed by atoms with E-state index >= 15 is 0 Å². The lowest BCUT2D eigenvalue weighted by atomic mass is 10.1. The summed E-state index contributed by atoms with van der Waals surface area (Å²) in [7, 11) is 0. The Labute approximate surface area is 209 Å². The molecule has 1 heterocycles. The van der Waals surface area contributed by atoms with Crippen molar-refractivity contribution in [1.82, 2.24) is 4.90 Å². The van der Waals surface area contributed by atoms with Crippen LogP contribution in [0.15, 0.2) is 66.7 Å². The van der Waals surface area contributed by atoms with Gasteiger partial charge in [-0.15, -0.1) is 0 Å². The van der Waals surface area contributed by atoms with Gasteiger partial charge in [0.2, 0.25) is 0 Å². The highest BCUT2D eigenvalue weighted by molar-refractivity contribution is 6.30. The summed E-state index contributed by atoms with van der Waals surface area (Å²) in [6.45, 7) is 6.49. The Morgan fingerprint density at radius 2 is 1.60 bits per heavy atom. The average molecular weight is 494 g/mol. The third-order valence-corrected chi connectivity index (χ3v) is 6.26. The van der Waals surface area contributed by atoms with Crippen molar-refractivity contribution < 1.29 is 19.4 Å². The topological polar surface area (TPSA) is 82.1 Å². The summed E-state index contributed by atoms with van der Waals surface area (Å²) in [4.78, 5) is 28.9. The lowest BCUT2D eigenvalue weighted by Crippen LogP contribution is -2.47. The third kappa shape index (κ3) is 6.53. The van der Waals surface area contributed by atoms with Gasteiger partial charge in [0.05, 0.1) is 16.9 Å². The van der Waals surface area contributed by atoms with Crippen molar-refractivity contribution in [2.45, 2.75) is 6.92 Å². The van der Waals surface area contributed by atoms with Gasteiger partial charge >= 0.3 is 5.97 Å². The second kappa shape index (κ2) is 11.3. The predicted octanol–water partition coefficient (Wildman–Crippen LogP) is 4.80. The van der Waals surface area contributed by atoms with Gasteiger partial charge in [-0.1, -0.05) is 29.3 Å². The molecular formula is C27H28ClN3O4. The highest BCUT2D eigenvalue weighted by Gasteiger charge is 2.21. The number of halogens is 1. The fourth-order valence-corrected chi connectivity index (χ4v) is 4.11. The van der Waals surface area contributed by atoms with Crippen molar-refractivity contribution in [3.8, 4) is 5.75 Å². The normalized spacial score (nSPS) is 13.9. The van der Waals surface area contributed by atoms with E-state index in [0.717, 1.165) is 49.7 Å². The van der Waals surface area contributed by atoms with Crippen LogP contribution in [0.4, 0.5) is 11.4 Å². The quantitative estimate of drug-likeness (QED) is 0.469. The van der Waals surface area contributed by atoms with Gasteiger partial charge in [0, 0.05) is 43.3 Å². The molecule has 0 atom stereocenters. The second-order valence-electron chi connectivity index (χ2n) is 8.49. The number of carboxylic acids is 1. The van der Waals surface area contributed by atoms with Gasteiger partial charge in [0.25, 0.3) is 5.91 Å². The molecular weight excluding hydrogens is 466 g/mol. The molecule has 3 aromatic carbocycles. The van der Waals surface area contributed by atoms with Crippen LogP contribution in [0, 0.1) is 6.92 Å². The van der Waals surface area contributed by atoms with Crippen LogP contribution in [-0.4, -0.2) is 61.2 Å². The molecule has 0 bridgehead atoms. The minimum absolute atomic E-state index is 0.131.